The van der Waals surface area contributed by atoms with Gasteiger partial charge in [-0.3, -0.25) is 10.3 Å². The van der Waals surface area contributed by atoms with Crippen LogP contribution in [0.5, 0.6) is 0 Å². The number of para-hydroxylation sites is 5. The van der Waals surface area contributed by atoms with Gasteiger partial charge in [-0.1, -0.05) is 115 Å². The number of hydrogen-bond acceptors (Lipinski definition) is 6. The second-order valence-electron chi connectivity index (χ2n) is 13.7. The highest BCUT2D eigenvalue weighted by atomic mass is 15.4. The minimum Gasteiger partial charge on any atom is -0.359 e. The maximum absolute atomic E-state index is 5.45. The van der Waals surface area contributed by atoms with Crippen molar-refractivity contribution in [1.29, 1.82) is 0 Å². The van der Waals surface area contributed by atoms with Crippen molar-refractivity contribution < 1.29 is 0 Å². The molecule has 51 heavy (non-hydrogen) atoms. The van der Waals surface area contributed by atoms with Crippen LogP contribution in [0.1, 0.15) is 29.0 Å². The maximum Gasteiger partial charge on any atom is 0.136 e. The lowest BCUT2D eigenvalue weighted by Crippen LogP contribution is -2.39. The van der Waals surface area contributed by atoms with Gasteiger partial charge in [-0.25, -0.2) is 0 Å². The third-order valence-electron chi connectivity index (χ3n) is 10.6. The van der Waals surface area contributed by atoms with Crippen LogP contribution < -0.4 is 25.3 Å². The van der Waals surface area contributed by atoms with E-state index in [9.17, 15) is 0 Å². The molecule has 6 atom stereocenters. The fourth-order valence-electron chi connectivity index (χ4n) is 8.40. The Labute approximate surface area is 299 Å². The summed E-state index contributed by atoms with van der Waals surface area (Å²) in [6, 6.07) is 48.5. The van der Waals surface area contributed by atoms with Crippen LogP contribution in [-0.2, 0) is 0 Å². The molecule has 5 aromatic rings. The SMILES string of the molecule is C1=CC2N=C(c3cc(C4Nc5ccccc5N4c4ccccc4)cc(C4N[C@H]5C=CC=CC5N4c4ccccc4)c3)N(c3ccccc3)C2C=C1. The van der Waals surface area contributed by atoms with E-state index in [1.54, 1.807) is 0 Å². The van der Waals surface area contributed by atoms with Gasteiger partial charge in [0.1, 0.15) is 18.2 Å². The predicted molar refractivity (Wildman–Crippen MR) is 210 cm³/mol. The molecule has 5 unspecified atom stereocenters. The van der Waals surface area contributed by atoms with Crippen molar-refractivity contribution in [2.24, 2.45) is 4.99 Å². The first-order chi connectivity index (χ1) is 25.3. The van der Waals surface area contributed by atoms with Gasteiger partial charge in [-0.15, -0.1) is 0 Å². The van der Waals surface area contributed by atoms with E-state index in [0.29, 0.717) is 0 Å². The van der Waals surface area contributed by atoms with Gasteiger partial charge in [0.2, 0.25) is 0 Å². The number of nitrogens with one attached hydrogen (secondary N) is 2. The Morgan fingerprint density at radius 3 is 1.84 bits per heavy atom. The van der Waals surface area contributed by atoms with Gasteiger partial charge < -0.3 is 20.0 Å². The Hall–Kier alpha value is -6.11. The molecule has 3 aliphatic heterocycles. The highest BCUT2D eigenvalue weighted by Gasteiger charge is 2.42. The van der Waals surface area contributed by atoms with Crippen molar-refractivity contribution in [3.63, 3.8) is 0 Å². The molecule has 1 fully saturated rings. The lowest BCUT2D eigenvalue weighted by atomic mass is 9.98. The molecule has 0 spiro atoms. The van der Waals surface area contributed by atoms with Crippen LogP contribution in [0.3, 0.4) is 0 Å². The minimum absolute atomic E-state index is 0.0376. The second kappa shape index (κ2) is 12.3. The Morgan fingerprint density at radius 2 is 1.10 bits per heavy atom. The molecule has 0 radical (unpaired) electrons. The monoisotopic (exact) mass is 662 g/mol. The fourth-order valence-corrected chi connectivity index (χ4v) is 8.40. The fraction of sp³-hybridized carbons (Fsp3) is 0.133. The number of amidine groups is 1. The minimum atomic E-state index is -0.133. The third-order valence-corrected chi connectivity index (χ3v) is 10.6. The number of benzene rings is 5. The maximum atomic E-state index is 5.45. The zero-order valence-corrected chi connectivity index (χ0v) is 28.1. The first-order valence-electron chi connectivity index (χ1n) is 17.9. The number of allylic oxidation sites excluding steroid dienone is 4. The third kappa shape index (κ3) is 5.10. The molecule has 0 saturated carbocycles. The molecule has 6 nitrogen and oxygen atoms in total. The van der Waals surface area contributed by atoms with Crippen molar-refractivity contribution in [2.75, 3.05) is 20.0 Å². The standard InChI is InChI=1S/C45H38N6/c1-4-16-34(17-5-1)49-40-25-13-10-22-37(40)46-43(49)31-28-32(44-47-38-23-11-14-26-41(38)50(44)35-18-6-2-7-19-35)30-33(29-31)45-48-39-24-12-15-27-42(39)51(45)36-20-8-3-9-21-36/h1-30,37-38,40-41,43,45-46,48H/t37-,38?,40?,41?,43?,45?/m0/s1. The summed E-state index contributed by atoms with van der Waals surface area (Å²) in [5.74, 6) is 0.985. The predicted octanol–water partition coefficient (Wildman–Crippen LogP) is 9.05. The molecule has 0 amide bonds. The van der Waals surface area contributed by atoms with Gasteiger partial charge in [0.05, 0.1) is 35.5 Å². The van der Waals surface area contributed by atoms with Gasteiger partial charge in [0, 0.05) is 22.6 Å². The summed E-state index contributed by atoms with van der Waals surface area (Å²) in [6.45, 7) is 0. The van der Waals surface area contributed by atoms with Gasteiger partial charge in [0.25, 0.3) is 0 Å². The number of rotatable bonds is 6. The molecule has 1 saturated heterocycles. The molecule has 5 aliphatic rings. The van der Waals surface area contributed by atoms with Gasteiger partial charge in [0.15, 0.2) is 0 Å². The van der Waals surface area contributed by atoms with Crippen molar-refractivity contribution in [3.8, 4) is 0 Å². The van der Waals surface area contributed by atoms with E-state index in [-0.39, 0.29) is 36.5 Å². The zero-order chi connectivity index (χ0) is 33.7. The molecule has 2 aliphatic carbocycles. The largest absolute Gasteiger partial charge is 0.359 e. The van der Waals surface area contributed by atoms with Gasteiger partial charge in [-0.2, -0.15) is 0 Å². The Kier molecular flexibility index (Phi) is 7.20. The Morgan fingerprint density at radius 1 is 0.510 bits per heavy atom. The summed E-state index contributed by atoms with van der Waals surface area (Å²) >= 11 is 0. The van der Waals surface area contributed by atoms with E-state index in [1.807, 2.05) is 0 Å². The van der Waals surface area contributed by atoms with Crippen LogP contribution in [-0.4, -0.2) is 30.0 Å². The van der Waals surface area contributed by atoms with Crippen molar-refractivity contribution in [3.05, 3.63) is 199 Å². The molecule has 10 rings (SSSR count). The van der Waals surface area contributed by atoms with Crippen LogP contribution in [0.2, 0.25) is 0 Å². The normalized spacial score (nSPS) is 25.4. The van der Waals surface area contributed by atoms with Crippen molar-refractivity contribution in [1.82, 2.24) is 5.32 Å². The van der Waals surface area contributed by atoms with Crippen LogP contribution in [0, 0.1) is 0 Å². The number of aliphatic imine (C=N–C) groups is 1. The van der Waals surface area contributed by atoms with E-state index in [2.05, 4.69) is 207 Å². The summed E-state index contributed by atoms with van der Waals surface area (Å²) in [5.41, 5.74) is 9.23. The molecule has 6 heteroatoms. The van der Waals surface area contributed by atoms with Gasteiger partial charge >= 0.3 is 0 Å². The first kappa shape index (κ1) is 29.8. The lowest BCUT2D eigenvalue weighted by molar-refractivity contribution is 0.608. The molecule has 0 aromatic heterocycles. The second-order valence-corrected chi connectivity index (χ2v) is 13.7. The average molecular weight is 663 g/mol. The highest BCUT2D eigenvalue weighted by Crippen LogP contribution is 2.47. The molecule has 3 heterocycles. The number of fused-ring (bicyclic) bond motifs is 3. The highest BCUT2D eigenvalue weighted by molar-refractivity contribution is 6.12. The van der Waals surface area contributed by atoms with E-state index in [4.69, 9.17) is 4.99 Å². The molecule has 0 bridgehead atoms. The van der Waals surface area contributed by atoms with E-state index >= 15 is 0 Å². The van der Waals surface area contributed by atoms with Crippen LogP contribution in [0.15, 0.2) is 187 Å². The molecular weight excluding hydrogens is 625 g/mol. The van der Waals surface area contributed by atoms with E-state index in [0.717, 1.165) is 34.1 Å². The smallest absolute Gasteiger partial charge is 0.136 e. The van der Waals surface area contributed by atoms with E-state index in [1.165, 1.54) is 16.8 Å². The summed E-state index contributed by atoms with van der Waals surface area (Å²) in [5, 5.41) is 7.94. The lowest BCUT2D eigenvalue weighted by Gasteiger charge is -2.33. The van der Waals surface area contributed by atoms with Gasteiger partial charge in [-0.05, 0) is 77.9 Å². The summed E-state index contributed by atoms with van der Waals surface area (Å²) in [4.78, 5) is 12.8. The van der Waals surface area contributed by atoms with Crippen LogP contribution in [0.25, 0.3) is 0 Å². The average Bonchev–Trinajstić information content (AvgIpc) is 3.91. The first-order valence-corrected chi connectivity index (χ1v) is 17.9. The Balaban J connectivity index is 1.17. The number of nitrogens with zero attached hydrogens (tertiary/aromatic N) is 4. The number of hydrogen-bond donors (Lipinski definition) is 2. The van der Waals surface area contributed by atoms with Crippen LogP contribution >= 0.6 is 0 Å². The zero-order valence-electron chi connectivity index (χ0n) is 28.1. The van der Waals surface area contributed by atoms with E-state index < -0.39 is 0 Å². The quantitative estimate of drug-likeness (QED) is 0.190. The molecular formula is C45H38N6. The number of anilines is 5. The van der Waals surface area contributed by atoms with Crippen molar-refractivity contribution >= 4 is 34.3 Å². The summed E-state index contributed by atoms with van der Waals surface area (Å²) < 4.78 is 0. The van der Waals surface area contributed by atoms with Crippen LogP contribution in [0.4, 0.5) is 28.4 Å². The molecule has 2 N–H and O–H groups in total. The molecule has 248 valence electrons. The van der Waals surface area contributed by atoms with Crippen molar-refractivity contribution in [2.45, 2.75) is 36.5 Å². The summed E-state index contributed by atoms with van der Waals surface area (Å²) in [7, 11) is 0. The topological polar surface area (TPSA) is 46.1 Å². The summed E-state index contributed by atoms with van der Waals surface area (Å²) in [6.07, 6.45) is 17.5. The Bertz CT molecular complexity index is 2220. The molecule has 5 aromatic carbocycles.